The van der Waals surface area contributed by atoms with Crippen LogP contribution >= 0.6 is 11.3 Å². The SMILES string of the molecule is CCN(CCC(N)=O)c1ncc(C(=O)Oc2ccc(C(=N)N)cc2F)s1. The third kappa shape index (κ3) is 4.76. The number of aromatic nitrogens is 1. The smallest absolute Gasteiger partial charge is 0.355 e. The van der Waals surface area contributed by atoms with Gasteiger partial charge in [0.15, 0.2) is 16.7 Å². The Labute approximate surface area is 153 Å². The molecule has 1 aromatic carbocycles. The molecule has 0 saturated heterocycles. The van der Waals surface area contributed by atoms with E-state index in [4.69, 9.17) is 21.6 Å². The number of hydrogen-bond acceptors (Lipinski definition) is 7. The van der Waals surface area contributed by atoms with Gasteiger partial charge in [0, 0.05) is 25.1 Å². The van der Waals surface area contributed by atoms with Gasteiger partial charge in [-0.2, -0.15) is 0 Å². The highest BCUT2D eigenvalue weighted by molar-refractivity contribution is 7.17. The minimum absolute atomic E-state index is 0.168. The number of nitrogens with one attached hydrogen (secondary N) is 1. The molecule has 26 heavy (non-hydrogen) atoms. The topological polar surface area (TPSA) is 135 Å². The second kappa shape index (κ2) is 8.39. The predicted octanol–water partition coefficient (Wildman–Crippen LogP) is 1.49. The first-order chi connectivity index (χ1) is 12.3. The lowest BCUT2D eigenvalue weighted by atomic mass is 10.2. The minimum Gasteiger partial charge on any atom is -0.419 e. The molecular formula is C16H18FN5O3S. The van der Waals surface area contributed by atoms with Gasteiger partial charge in [-0.3, -0.25) is 10.2 Å². The van der Waals surface area contributed by atoms with E-state index in [9.17, 15) is 14.0 Å². The molecule has 2 aromatic rings. The molecule has 0 aliphatic rings. The van der Waals surface area contributed by atoms with E-state index < -0.39 is 17.7 Å². The van der Waals surface area contributed by atoms with E-state index in [2.05, 4.69) is 4.98 Å². The maximum absolute atomic E-state index is 14.0. The number of ether oxygens (including phenoxy) is 1. The lowest BCUT2D eigenvalue weighted by molar-refractivity contribution is -0.117. The zero-order valence-corrected chi connectivity index (χ0v) is 14.8. The van der Waals surface area contributed by atoms with Gasteiger partial charge in [-0.1, -0.05) is 11.3 Å². The fourth-order valence-electron chi connectivity index (χ4n) is 2.04. The van der Waals surface area contributed by atoms with E-state index in [-0.39, 0.29) is 28.4 Å². The Morgan fingerprint density at radius 2 is 2.12 bits per heavy atom. The Balaban J connectivity index is 2.10. The molecule has 8 nitrogen and oxygen atoms in total. The highest BCUT2D eigenvalue weighted by Crippen LogP contribution is 2.25. The number of amidine groups is 1. The van der Waals surface area contributed by atoms with E-state index in [0.717, 1.165) is 17.4 Å². The molecule has 0 fully saturated rings. The number of esters is 1. The number of hydrogen-bond donors (Lipinski definition) is 3. The third-order valence-corrected chi connectivity index (χ3v) is 4.46. The number of nitrogens with two attached hydrogens (primary N) is 2. The number of carbonyl (C=O) groups is 2. The standard InChI is InChI=1S/C16H18FN5O3S/c1-2-22(6-5-13(18)23)16-21-8-12(26-16)15(24)25-11-4-3-9(14(19)20)7-10(11)17/h3-4,7-8H,2,5-6H2,1H3,(H2,18,23)(H3,19,20). The van der Waals surface area contributed by atoms with Gasteiger partial charge in [0.1, 0.15) is 10.7 Å². The second-order valence-electron chi connectivity index (χ2n) is 5.25. The van der Waals surface area contributed by atoms with Crippen molar-refractivity contribution in [2.45, 2.75) is 13.3 Å². The van der Waals surface area contributed by atoms with Crippen LogP contribution in [0.15, 0.2) is 24.4 Å². The molecule has 0 radical (unpaired) electrons. The summed E-state index contributed by atoms with van der Waals surface area (Å²) in [7, 11) is 0. The lowest BCUT2D eigenvalue weighted by Crippen LogP contribution is -2.27. The molecule has 2 rings (SSSR count). The number of benzene rings is 1. The monoisotopic (exact) mass is 379 g/mol. The van der Waals surface area contributed by atoms with E-state index in [1.807, 2.05) is 6.92 Å². The quantitative estimate of drug-likeness (QED) is 0.275. The number of rotatable bonds is 8. The van der Waals surface area contributed by atoms with Crippen LogP contribution in [-0.4, -0.2) is 35.8 Å². The van der Waals surface area contributed by atoms with Gasteiger partial charge < -0.3 is 21.1 Å². The number of nitrogen functional groups attached to an aromatic ring is 1. The largest absolute Gasteiger partial charge is 0.419 e. The summed E-state index contributed by atoms with van der Waals surface area (Å²) in [5.41, 5.74) is 10.6. The van der Waals surface area contributed by atoms with Crippen LogP contribution < -0.4 is 21.1 Å². The van der Waals surface area contributed by atoms with Crippen molar-refractivity contribution in [3.8, 4) is 5.75 Å². The summed E-state index contributed by atoms with van der Waals surface area (Å²) >= 11 is 1.07. The Morgan fingerprint density at radius 3 is 2.69 bits per heavy atom. The summed E-state index contributed by atoms with van der Waals surface area (Å²) in [6, 6.07) is 3.64. The van der Waals surface area contributed by atoms with Crippen molar-refractivity contribution in [3.63, 3.8) is 0 Å². The normalized spacial score (nSPS) is 10.4. The van der Waals surface area contributed by atoms with Crippen LogP contribution in [0, 0.1) is 11.2 Å². The molecule has 0 bridgehead atoms. The number of halogens is 1. The molecule has 0 unspecified atom stereocenters. The number of amides is 1. The molecule has 0 saturated carbocycles. The molecule has 1 amide bonds. The molecule has 0 aliphatic carbocycles. The molecule has 0 atom stereocenters. The number of primary amides is 1. The van der Waals surface area contributed by atoms with Crippen LogP contribution in [0.3, 0.4) is 0 Å². The van der Waals surface area contributed by atoms with Crippen molar-refractivity contribution in [1.82, 2.24) is 4.98 Å². The lowest BCUT2D eigenvalue weighted by Gasteiger charge is -2.18. The van der Waals surface area contributed by atoms with Gasteiger partial charge in [-0.15, -0.1) is 0 Å². The summed E-state index contributed by atoms with van der Waals surface area (Å²) in [5, 5.41) is 7.80. The summed E-state index contributed by atoms with van der Waals surface area (Å²) in [6.07, 6.45) is 1.50. The Morgan fingerprint density at radius 1 is 1.38 bits per heavy atom. The highest BCUT2D eigenvalue weighted by Gasteiger charge is 2.18. The molecule has 0 spiro atoms. The first-order valence-corrected chi connectivity index (χ1v) is 8.48. The molecule has 5 N–H and O–H groups in total. The first kappa shape index (κ1) is 19.3. The van der Waals surface area contributed by atoms with Gasteiger partial charge in [0.2, 0.25) is 5.91 Å². The molecule has 10 heteroatoms. The van der Waals surface area contributed by atoms with Gasteiger partial charge >= 0.3 is 5.97 Å². The van der Waals surface area contributed by atoms with E-state index in [0.29, 0.717) is 18.2 Å². The van der Waals surface area contributed by atoms with Crippen molar-refractivity contribution in [1.29, 1.82) is 5.41 Å². The van der Waals surface area contributed by atoms with Crippen molar-refractivity contribution < 1.29 is 18.7 Å². The van der Waals surface area contributed by atoms with E-state index in [1.54, 1.807) is 4.90 Å². The van der Waals surface area contributed by atoms with Crippen molar-refractivity contribution in [2.24, 2.45) is 11.5 Å². The van der Waals surface area contributed by atoms with Crippen LogP contribution in [0.5, 0.6) is 5.75 Å². The van der Waals surface area contributed by atoms with Gasteiger partial charge in [0.05, 0.1) is 6.20 Å². The predicted molar refractivity (Wildman–Crippen MR) is 96.2 cm³/mol. The molecule has 0 aliphatic heterocycles. The molecular weight excluding hydrogens is 361 g/mol. The maximum atomic E-state index is 14.0. The fourth-order valence-corrected chi connectivity index (χ4v) is 2.92. The van der Waals surface area contributed by atoms with E-state index >= 15 is 0 Å². The average Bonchev–Trinajstić information content (AvgIpc) is 3.07. The van der Waals surface area contributed by atoms with Crippen LogP contribution in [0.1, 0.15) is 28.6 Å². The van der Waals surface area contributed by atoms with Crippen molar-refractivity contribution >= 4 is 34.2 Å². The Kier molecular flexibility index (Phi) is 6.23. The number of carbonyl (C=O) groups excluding carboxylic acids is 2. The number of anilines is 1. The maximum Gasteiger partial charge on any atom is 0.355 e. The highest BCUT2D eigenvalue weighted by atomic mass is 32.1. The van der Waals surface area contributed by atoms with Gasteiger partial charge in [-0.25, -0.2) is 14.2 Å². The second-order valence-corrected chi connectivity index (χ2v) is 6.26. The minimum atomic E-state index is -0.799. The zero-order valence-electron chi connectivity index (χ0n) is 14.0. The molecule has 138 valence electrons. The Bertz CT molecular complexity index is 839. The summed E-state index contributed by atoms with van der Waals surface area (Å²) in [5.74, 6) is -2.54. The zero-order chi connectivity index (χ0) is 19.3. The number of nitrogens with zero attached hydrogens (tertiary/aromatic N) is 2. The van der Waals surface area contributed by atoms with Gasteiger partial charge in [-0.05, 0) is 25.1 Å². The van der Waals surface area contributed by atoms with Crippen LogP contribution in [0.2, 0.25) is 0 Å². The van der Waals surface area contributed by atoms with Gasteiger partial charge in [0.25, 0.3) is 0 Å². The van der Waals surface area contributed by atoms with Crippen LogP contribution in [0.25, 0.3) is 0 Å². The van der Waals surface area contributed by atoms with E-state index in [1.165, 1.54) is 18.3 Å². The third-order valence-electron chi connectivity index (χ3n) is 3.42. The molecule has 1 aromatic heterocycles. The fraction of sp³-hybridized carbons (Fsp3) is 0.250. The number of thiazole rings is 1. The Hall–Kier alpha value is -3.01. The average molecular weight is 379 g/mol. The summed E-state index contributed by atoms with van der Waals surface area (Å²) in [6.45, 7) is 2.84. The van der Waals surface area contributed by atoms with Crippen LogP contribution in [-0.2, 0) is 4.79 Å². The summed E-state index contributed by atoms with van der Waals surface area (Å²) < 4.78 is 19.0. The summed E-state index contributed by atoms with van der Waals surface area (Å²) in [4.78, 5) is 29.2. The van der Waals surface area contributed by atoms with Crippen molar-refractivity contribution in [2.75, 3.05) is 18.0 Å². The molecule has 1 heterocycles. The van der Waals surface area contributed by atoms with Crippen molar-refractivity contribution in [3.05, 3.63) is 40.7 Å². The first-order valence-electron chi connectivity index (χ1n) is 7.67. The van der Waals surface area contributed by atoms with Crippen LogP contribution in [0.4, 0.5) is 9.52 Å².